The van der Waals surface area contributed by atoms with Crippen molar-refractivity contribution >= 4 is 23.2 Å². The number of hydrogen-bond acceptors (Lipinski definition) is 3. The largest absolute Gasteiger partial charge is 0.366 e. The summed E-state index contributed by atoms with van der Waals surface area (Å²) in [6.45, 7) is 2.70. The van der Waals surface area contributed by atoms with Gasteiger partial charge < -0.3 is 9.80 Å². The van der Waals surface area contributed by atoms with Crippen molar-refractivity contribution in [2.75, 3.05) is 24.5 Å². The van der Waals surface area contributed by atoms with Gasteiger partial charge in [0, 0.05) is 37.8 Å². The fraction of sp³-hybridized carbons (Fsp3) is 0.667. The molecule has 0 spiro atoms. The Bertz CT molecular complexity index is 764. The molecule has 4 rings (SSSR count). The lowest BCUT2D eigenvalue weighted by atomic mass is 9.84. The highest BCUT2D eigenvalue weighted by Crippen LogP contribution is 2.34. The molecular weight excluding hydrogens is 382 g/mol. The quantitative estimate of drug-likeness (QED) is 0.602. The zero-order valence-electron chi connectivity index (χ0n) is 17.3. The van der Waals surface area contributed by atoms with Gasteiger partial charge >= 0.3 is 0 Å². The average molecular weight is 414 g/mol. The van der Waals surface area contributed by atoms with E-state index < -0.39 is 0 Å². The fourth-order valence-electron chi connectivity index (χ4n) is 5.20. The Labute approximate surface area is 179 Å². The van der Waals surface area contributed by atoms with Crippen LogP contribution in [0, 0.1) is 23.2 Å². The summed E-state index contributed by atoms with van der Waals surface area (Å²) in [6.07, 6.45) is 12.0. The minimum absolute atomic E-state index is 0.334. The minimum Gasteiger partial charge on any atom is -0.366 e. The van der Waals surface area contributed by atoms with Crippen LogP contribution in [-0.4, -0.2) is 36.5 Å². The highest BCUT2D eigenvalue weighted by atomic mass is 35.5. The lowest BCUT2D eigenvalue weighted by Crippen LogP contribution is -2.43. The van der Waals surface area contributed by atoms with E-state index in [4.69, 9.17) is 11.6 Å². The van der Waals surface area contributed by atoms with Crippen molar-refractivity contribution in [2.24, 2.45) is 11.8 Å². The summed E-state index contributed by atoms with van der Waals surface area (Å²) >= 11 is 6.33. The SMILES string of the molecule is N#Cc1ccc(N(CC2CCC2)C2CCN(C(=O)CCC3CCCC3)C2)cc1Cl. The maximum absolute atomic E-state index is 12.8. The van der Waals surface area contributed by atoms with Crippen molar-refractivity contribution in [3.8, 4) is 6.07 Å². The van der Waals surface area contributed by atoms with E-state index in [-0.39, 0.29) is 0 Å². The first-order chi connectivity index (χ1) is 14.1. The Hall–Kier alpha value is -1.73. The number of likely N-dealkylation sites (tertiary alicyclic amines) is 1. The fourth-order valence-corrected chi connectivity index (χ4v) is 5.42. The van der Waals surface area contributed by atoms with Gasteiger partial charge in [0.15, 0.2) is 0 Å². The predicted octanol–water partition coefficient (Wildman–Crippen LogP) is 5.39. The first-order valence-corrected chi connectivity index (χ1v) is 11.8. The number of rotatable bonds is 7. The average Bonchev–Trinajstić information content (AvgIpc) is 3.37. The first kappa shape index (κ1) is 20.5. The molecule has 1 aromatic carbocycles. The van der Waals surface area contributed by atoms with E-state index in [1.165, 1.54) is 44.9 Å². The molecule has 2 saturated carbocycles. The number of anilines is 1. The smallest absolute Gasteiger partial charge is 0.222 e. The van der Waals surface area contributed by atoms with Gasteiger partial charge in [-0.2, -0.15) is 5.26 Å². The van der Waals surface area contributed by atoms with Crippen LogP contribution in [0.4, 0.5) is 5.69 Å². The summed E-state index contributed by atoms with van der Waals surface area (Å²) in [7, 11) is 0. The molecule has 1 unspecified atom stereocenters. The number of nitriles is 1. The number of carbonyl (C=O) groups is 1. The monoisotopic (exact) mass is 413 g/mol. The van der Waals surface area contributed by atoms with E-state index in [2.05, 4.69) is 15.9 Å². The molecule has 0 bridgehead atoms. The first-order valence-electron chi connectivity index (χ1n) is 11.4. The Morgan fingerprint density at radius 3 is 2.55 bits per heavy atom. The van der Waals surface area contributed by atoms with Gasteiger partial charge in [-0.15, -0.1) is 0 Å². The maximum atomic E-state index is 12.8. The minimum atomic E-state index is 0.334. The lowest BCUT2D eigenvalue weighted by Gasteiger charge is -2.37. The topological polar surface area (TPSA) is 47.3 Å². The summed E-state index contributed by atoms with van der Waals surface area (Å²) in [6, 6.07) is 8.27. The summed E-state index contributed by atoms with van der Waals surface area (Å²) in [4.78, 5) is 17.3. The van der Waals surface area contributed by atoms with Crippen molar-refractivity contribution < 1.29 is 4.79 Å². The number of halogens is 1. The number of benzene rings is 1. The van der Waals surface area contributed by atoms with E-state index in [1.54, 1.807) is 0 Å². The molecule has 1 atom stereocenters. The molecular formula is C24H32ClN3O. The molecule has 1 heterocycles. The molecule has 0 N–H and O–H groups in total. The third kappa shape index (κ3) is 4.89. The van der Waals surface area contributed by atoms with Gasteiger partial charge in [0.2, 0.25) is 5.91 Å². The normalized spacial score (nSPS) is 22.5. The summed E-state index contributed by atoms with van der Waals surface area (Å²) in [5, 5.41) is 9.70. The van der Waals surface area contributed by atoms with Gasteiger partial charge in [-0.05, 0) is 55.7 Å². The molecule has 1 saturated heterocycles. The predicted molar refractivity (Wildman–Crippen MR) is 117 cm³/mol. The van der Waals surface area contributed by atoms with Crippen LogP contribution in [0.5, 0.6) is 0 Å². The molecule has 0 aromatic heterocycles. The molecule has 29 heavy (non-hydrogen) atoms. The van der Waals surface area contributed by atoms with Gasteiger partial charge in [0.05, 0.1) is 10.6 Å². The van der Waals surface area contributed by atoms with E-state index in [1.807, 2.05) is 18.2 Å². The molecule has 2 aliphatic carbocycles. The van der Waals surface area contributed by atoms with Gasteiger partial charge in [-0.3, -0.25) is 4.79 Å². The van der Waals surface area contributed by atoms with Crippen LogP contribution < -0.4 is 4.90 Å². The van der Waals surface area contributed by atoms with Crippen LogP contribution in [0.3, 0.4) is 0 Å². The number of amides is 1. The molecule has 5 heteroatoms. The van der Waals surface area contributed by atoms with E-state index in [0.29, 0.717) is 29.0 Å². The molecule has 4 nitrogen and oxygen atoms in total. The van der Waals surface area contributed by atoms with Crippen molar-refractivity contribution in [2.45, 2.75) is 70.3 Å². The highest BCUT2D eigenvalue weighted by molar-refractivity contribution is 6.32. The Balaban J connectivity index is 1.40. The van der Waals surface area contributed by atoms with Crippen molar-refractivity contribution in [3.63, 3.8) is 0 Å². The molecule has 1 amide bonds. The molecule has 1 aromatic rings. The van der Waals surface area contributed by atoms with Crippen LogP contribution in [0.25, 0.3) is 0 Å². The highest BCUT2D eigenvalue weighted by Gasteiger charge is 2.33. The third-order valence-electron chi connectivity index (χ3n) is 7.28. The van der Waals surface area contributed by atoms with E-state index in [0.717, 1.165) is 50.0 Å². The summed E-state index contributed by atoms with van der Waals surface area (Å²) < 4.78 is 0. The van der Waals surface area contributed by atoms with Gasteiger partial charge in [-0.1, -0.05) is 43.7 Å². The Kier molecular flexibility index (Phi) is 6.65. The summed E-state index contributed by atoms with van der Waals surface area (Å²) in [5.41, 5.74) is 1.61. The molecule has 1 aliphatic heterocycles. The van der Waals surface area contributed by atoms with Crippen LogP contribution >= 0.6 is 11.6 Å². The van der Waals surface area contributed by atoms with E-state index in [9.17, 15) is 10.1 Å². The molecule has 3 aliphatic rings. The van der Waals surface area contributed by atoms with Crippen LogP contribution in [0.1, 0.15) is 69.8 Å². The zero-order valence-corrected chi connectivity index (χ0v) is 18.0. The van der Waals surface area contributed by atoms with Crippen molar-refractivity contribution in [1.82, 2.24) is 4.90 Å². The third-order valence-corrected chi connectivity index (χ3v) is 7.60. The molecule has 3 fully saturated rings. The summed E-state index contributed by atoms with van der Waals surface area (Å²) in [5.74, 6) is 1.84. The zero-order chi connectivity index (χ0) is 20.2. The lowest BCUT2D eigenvalue weighted by molar-refractivity contribution is -0.130. The van der Waals surface area contributed by atoms with Gasteiger partial charge in [0.25, 0.3) is 0 Å². The molecule has 156 valence electrons. The van der Waals surface area contributed by atoms with Crippen LogP contribution in [-0.2, 0) is 4.79 Å². The van der Waals surface area contributed by atoms with Crippen molar-refractivity contribution in [1.29, 1.82) is 5.26 Å². The second-order valence-corrected chi connectivity index (χ2v) is 9.60. The standard InChI is InChI=1S/C24H32ClN3O/c25-23-14-21(10-9-20(23)15-26)28(16-19-6-3-7-19)22-12-13-27(17-22)24(29)11-8-18-4-1-2-5-18/h9-10,14,18-19,22H,1-8,11-13,16-17H2. The maximum Gasteiger partial charge on any atom is 0.222 e. The second kappa shape index (κ2) is 9.39. The van der Waals surface area contributed by atoms with Crippen LogP contribution in [0.2, 0.25) is 5.02 Å². The van der Waals surface area contributed by atoms with Crippen LogP contribution in [0.15, 0.2) is 18.2 Å². The Morgan fingerprint density at radius 2 is 1.90 bits per heavy atom. The number of nitrogens with zero attached hydrogens (tertiary/aromatic N) is 3. The number of carbonyl (C=O) groups excluding carboxylic acids is 1. The van der Waals surface area contributed by atoms with E-state index >= 15 is 0 Å². The second-order valence-electron chi connectivity index (χ2n) is 9.20. The van der Waals surface area contributed by atoms with Gasteiger partial charge in [0.1, 0.15) is 6.07 Å². The molecule has 0 radical (unpaired) electrons. The Morgan fingerprint density at radius 1 is 1.14 bits per heavy atom. The van der Waals surface area contributed by atoms with Gasteiger partial charge in [-0.25, -0.2) is 0 Å². The van der Waals surface area contributed by atoms with Crippen molar-refractivity contribution in [3.05, 3.63) is 28.8 Å². The number of hydrogen-bond donors (Lipinski definition) is 0.